The molecule has 0 radical (unpaired) electrons. The lowest BCUT2D eigenvalue weighted by Gasteiger charge is -2.27. The molecule has 1 aliphatic rings. The number of hydrogen-bond acceptors (Lipinski definition) is 7. The van der Waals surface area contributed by atoms with Crippen molar-refractivity contribution in [2.75, 3.05) is 41.4 Å². The largest absolute Gasteiger partial charge is 0.489 e. The van der Waals surface area contributed by atoms with E-state index in [9.17, 15) is 18.0 Å². The zero-order chi connectivity index (χ0) is 28.2. The molecule has 1 aliphatic heterocycles. The van der Waals surface area contributed by atoms with Crippen LogP contribution in [0.15, 0.2) is 54.9 Å². The minimum Gasteiger partial charge on any atom is -0.489 e. The number of carbonyl (C=O) groups excluding carboxylic acids is 2. The maximum absolute atomic E-state index is 13.4. The lowest BCUT2D eigenvalue weighted by molar-refractivity contribution is 0.0771. The lowest BCUT2D eigenvalue weighted by Crippen LogP contribution is -2.44. The molecule has 0 unspecified atom stereocenters. The van der Waals surface area contributed by atoms with Gasteiger partial charge in [-0.05, 0) is 60.4 Å². The van der Waals surface area contributed by atoms with Crippen LogP contribution in [0.1, 0.15) is 48.5 Å². The second-order valence-electron chi connectivity index (χ2n) is 10.4. The molecule has 4 rings (SSSR count). The van der Waals surface area contributed by atoms with Gasteiger partial charge in [0.05, 0.1) is 17.1 Å². The molecule has 9 nitrogen and oxygen atoms in total. The highest BCUT2D eigenvalue weighted by molar-refractivity contribution is 7.91. The van der Waals surface area contributed by atoms with E-state index in [0.717, 1.165) is 10.4 Å². The number of benzene rings is 1. The molecule has 1 N–H and O–H groups in total. The summed E-state index contributed by atoms with van der Waals surface area (Å²) in [5.74, 6) is 0.299. The first-order valence-electron chi connectivity index (χ1n) is 12.8. The Morgan fingerprint density at radius 1 is 1.08 bits per heavy atom. The maximum Gasteiger partial charge on any atom is 0.326 e. The predicted octanol–water partition coefficient (Wildman–Crippen LogP) is 4.95. The molecule has 3 amide bonds. The van der Waals surface area contributed by atoms with Gasteiger partial charge >= 0.3 is 6.03 Å². The van der Waals surface area contributed by atoms with Crippen LogP contribution in [0.4, 0.5) is 15.5 Å². The van der Waals surface area contributed by atoms with E-state index in [4.69, 9.17) is 4.74 Å². The average molecular weight is 571 g/mol. The van der Waals surface area contributed by atoms with Crippen molar-refractivity contribution in [2.24, 2.45) is 0 Å². The normalized spacial score (nSPS) is 15.0. The Bertz CT molecular complexity index is 1400. The summed E-state index contributed by atoms with van der Waals surface area (Å²) in [4.78, 5) is 34.9. The zero-order valence-corrected chi connectivity index (χ0v) is 24.3. The summed E-state index contributed by atoms with van der Waals surface area (Å²) in [6.07, 6.45) is 3.43. The summed E-state index contributed by atoms with van der Waals surface area (Å²) in [5, 5.41) is 3.41. The molecule has 1 fully saturated rings. The first-order chi connectivity index (χ1) is 18.5. The molecule has 11 heteroatoms. The van der Waals surface area contributed by atoms with Crippen molar-refractivity contribution in [1.82, 2.24) is 9.88 Å². The number of amides is 3. The van der Waals surface area contributed by atoms with Crippen molar-refractivity contribution in [3.63, 3.8) is 0 Å². The van der Waals surface area contributed by atoms with Crippen LogP contribution in [-0.4, -0.2) is 61.4 Å². The molecule has 0 atom stereocenters. The quantitative estimate of drug-likeness (QED) is 0.431. The predicted molar refractivity (Wildman–Crippen MR) is 155 cm³/mol. The number of nitrogens with zero attached hydrogens (tertiary/aromatic N) is 3. The van der Waals surface area contributed by atoms with Crippen LogP contribution in [-0.2, 0) is 21.9 Å². The van der Waals surface area contributed by atoms with E-state index in [0.29, 0.717) is 35.2 Å². The van der Waals surface area contributed by atoms with E-state index in [1.54, 1.807) is 22.2 Å². The number of urea groups is 1. The van der Waals surface area contributed by atoms with Crippen molar-refractivity contribution in [3.8, 4) is 5.75 Å². The number of rotatable bonds is 7. The smallest absolute Gasteiger partial charge is 0.326 e. The van der Waals surface area contributed by atoms with Crippen LogP contribution in [0.3, 0.4) is 0 Å². The van der Waals surface area contributed by atoms with E-state index >= 15 is 0 Å². The molecule has 1 aromatic carbocycles. The Morgan fingerprint density at radius 2 is 1.72 bits per heavy atom. The number of nitrogens with one attached hydrogen (secondary N) is 1. The highest BCUT2D eigenvalue weighted by Gasteiger charge is 2.31. The number of thiophene rings is 1. The highest BCUT2D eigenvalue weighted by Crippen LogP contribution is 2.37. The van der Waals surface area contributed by atoms with Crippen LogP contribution in [0.5, 0.6) is 5.75 Å². The number of ether oxygens (including phenoxy) is 1. The minimum absolute atomic E-state index is 0.0530. The van der Waals surface area contributed by atoms with Crippen molar-refractivity contribution in [3.05, 3.63) is 70.9 Å². The van der Waals surface area contributed by atoms with Gasteiger partial charge in [-0.15, -0.1) is 11.3 Å². The highest BCUT2D eigenvalue weighted by atomic mass is 32.2. The third-order valence-corrected chi connectivity index (χ3v) is 9.50. The molecular formula is C28H34N4O5S2. The van der Waals surface area contributed by atoms with E-state index in [1.807, 2.05) is 70.2 Å². The van der Waals surface area contributed by atoms with Gasteiger partial charge in [-0.25, -0.2) is 13.2 Å². The van der Waals surface area contributed by atoms with Gasteiger partial charge in [0.1, 0.15) is 17.4 Å². The summed E-state index contributed by atoms with van der Waals surface area (Å²) in [7, 11) is -3.12. The molecule has 3 heterocycles. The van der Waals surface area contributed by atoms with Crippen LogP contribution in [0, 0.1) is 0 Å². The van der Waals surface area contributed by atoms with E-state index in [-0.39, 0.29) is 41.9 Å². The van der Waals surface area contributed by atoms with E-state index in [1.165, 1.54) is 11.3 Å². The first kappa shape index (κ1) is 28.6. The standard InChI is InChI=1S/C28H34N4O5S2/c1-5-32(21-6-8-22(9-7-21)37-19-20-10-12-29-13-11-20)27(34)30-25-23(18-24(38-25)28(2,3)4)26(33)31-14-16-39(35,36)17-15-31/h6-13,18H,5,14-17,19H2,1-4H3,(H,30,34). The molecule has 3 aromatic rings. The number of anilines is 2. The summed E-state index contributed by atoms with van der Waals surface area (Å²) >= 11 is 1.37. The summed E-state index contributed by atoms with van der Waals surface area (Å²) in [6.45, 7) is 9.12. The fourth-order valence-corrected chi connectivity index (χ4v) is 6.37. The van der Waals surface area contributed by atoms with Crippen LogP contribution in [0.25, 0.3) is 0 Å². The Morgan fingerprint density at radius 3 is 2.31 bits per heavy atom. The van der Waals surface area contributed by atoms with Crippen molar-refractivity contribution in [1.29, 1.82) is 0 Å². The Labute approximate surface area is 233 Å². The Hall–Kier alpha value is -3.44. The number of aromatic nitrogens is 1. The lowest BCUT2D eigenvalue weighted by atomic mass is 9.94. The monoisotopic (exact) mass is 570 g/mol. The molecule has 39 heavy (non-hydrogen) atoms. The molecule has 208 valence electrons. The van der Waals surface area contributed by atoms with Gasteiger partial charge in [0.25, 0.3) is 5.91 Å². The second kappa shape index (κ2) is 11.7. The molecular weight excluding hydrogens is 536 g/mol. The minimum atomic E-state index is -3.12. The Balaban J connectivity index is 1.50. The average Bonchev–Trinajstić information content (AvgIpc) is 3.33. The van der Waals surface area contributed by atoms with E-state index in [2.05, 4.69) is 10.3 Å². The second-order valence-corrected chi connectivity index (χ2v) is 13.7. The van der Waals surface area contributed by atoms with Gasteiger partial charge in [-0.2, -0.15) is 0 Å². The number of carbonyl (C=O) groups is 2. The topological polar surface area (TPSA) is 109 Å². The maximum atomic E-state index is 13.4. The van der Waals surface area contributed by atoms with E-state index < -0.39 is 9.84 Å². The third kappa shape index (κ3) is 7.15. The third-order valence-electron chi connectivity index (χ3n) is 6.42. The van der Waals surface area contributed by atoms with Crippen LogP contribution >= 0.6 is 11.3 Å². The van der Waals surface area contributed by atoms with Gasteiger partial charge in [0.15, 0.2) is 9.84 Å². The molecule has 0 saturated carbocycles. The van der Waals surface area contributed by atoms with Gasteiger partial charge in [0.2, 0.25) is 0 Å². The van der Waals surface area contributed by atoms with Crippen molar-refractivity contribution < 1.29 is 22.7 Å². The SMILES string of the molecule is CCN(C(=O)Nc1sc(C(C)(C)C)cc1C(=O)N1CCS(=O)(=O)CC1)c1ccc(OCc2ccncc2)cc1. The molecule has 2 aromatic heterocycles. The van der Waals surface area contributed by atoms with Gasteiger partial charge < -0.3 is 9.64 Å². The molecule has 1 saturated heterocycles. The Kier molecular flexibility index (Phi) is 8.60. The van der Waals surface area contributed by atoms with Crippen molar-refractivity contribution >= 4 is 43.8 Å². The van der Waals surface area contributed by atoms with Crippen LogP contribution < -0.4 is 15.0 Å². The molecule has 0 bridgehead atoms. The molecule has 0 aliphatic carbocycles. The first-order valence-corrected chi connectivity index (χ1v) is 15.4. The van der Waals surface area contributed by atoms with Gasteiger partial charge in [0, 0.05) is 42.6 Å². The number of pyridine rings is 1. The number of hydrogen-bond donors (Lipinski definition) is 1. The summed E-state index contributed by atoms with van der Waals surface area (Å²) in [6, 6.07) is 12.5. The fraction of sp³-hybridized carbons (Fsp3) is 0.393. The summed E-state index contributed by atoms with van der Waals surface area (Å²) in [5.41, 5.74) is 1.84. The van der Waals surface area contributed by atoms with Crippen LogP contribution in [0.2, 0.25) is 0 Å². The van der Waals surface area contributed by atoms with Gasteiger partial charge in [-0.3, -0.25) is 20.0 Å². The van der Waals surface area contributed by atoms with Gasteiger partial charge in [-0.1, -0.05) is 20.8 Å². The fourth-order valence-electron chi connectivity index (χ4n) is 4.07. The number of sulfone groups is 1. The summed E-state index contributed by atoms with van der Waals surface area (Å²) < 4.78 is 29.6. The molecule has 0 spiro atoms. The van der Waals surface area contributed by atoms with Crippen molar-refractivity contribution in [2.45, 2.75) is 39.7 Å². The zero-order valence-electron chi connectivity index (χ0n) is 22.6.